The molecule has 0 aliphatic heterocycles. The zero-order chi connectivity index (χ0) is 35.9. The summed E-state index contributed by atoms with van der Waals surface area (Å²) in [6.07, 6.45) is 14.8. The number of thiophene rings is 2. The van der Waals surface area contributed by atoms with E-state index in [1.54, 1.807) is 18.3 Å². The molecule has 0 unspecified atom stereocenters. The van der Waals surface area contributed by atoms with Crippen LogP contribution in [0.2, 0.25) is 0 Å². The van der Waals surface area contributed by atoms with Gasteiger partial charge >= 0.3 is 0 Å². The van der Waals surface area contributed by atoms with E-state index in [0.29, 0.717) is 5.69 Å². The largest absolute Gasteiger partial charge is 0.497 e. The summed E-state index contributed by atoms with van der Waals surface area (Å²) < 4.78 is 14.4. The van der Waals surface area contributed by atoms with Gasteiger partial charge in [-0.2, -0.15) is 0 Å². The Morgan fingerprint density at radius 2 is 1.13 bits per heavy atom. The van der Waals surface area contributed by atoms with E-state index in [-0.39, 0.29) is 0 Å². The van der Waals surface area contributed by atoms with Gasteiger partial charge < -0.3 is 9.47 Å². The first-order valence-corrected chi connectivity index (χ1v) is 20.7. The SMILES string of the molecule is [C-]#[N+]c1ccc(-c2ccc(CCCCCCCCCCOc3ccc4c(C5=C(c6c(C)sc7cc(OC)ccc67)CCC5)c(C)sc4c3)cc2)cc1. The Labute approximate surface area is 317 Å². The smallest absolute Gasteiger partial charge is 0.187 e. The summed E-state index contributed by atoms with van der Waals surface area (Å²) >= 11 is 3.80. The van der Waals surface area contributed by atoms with Gasteiger partial charge in [-0.05, 0) is 128 Å². The second-order valence-corrected chi connectivity index (χ2v) is 16.7. The zero-order valence-corrected chi connectivity index (χ0v) is 32.5. The lowest BCUT2D eigenvalue weighted by atomic mass is 9.93. The van der Waals surface area contributed by atoms with Crippen molar-refractivity contribution in [2.75, 3.05) is 13.7 Å². The molecule has 0 spiro atoms. The molecular weight excluding hydrogens is 675 g/mol. The fraction of sp³-hybridized carbons (Fsp3) is 0.340. The molecule has 3 nitrogen and oxygen atoms in total. The molecule has 1 aliphatic carbocycles. The van der Waals surface area contributed by atoms with E-state index in [1.165, 1.54) is 109 Å². The van der Waals surface area contributed by atoms with Crippen LogP contribution in [-0.4, -0.2) is 13.7 Å². The number of allylic oxidation sites excluding steroid dienone is 2. The molecule has 7 rings (SSSR count). The van der Waals surface area contributed by atoms with Crippen LogP contribution in [0.25, 0.3) is 47.3 Å². The summed E-state index contributed by atoms with van der Waals surface area (Å²) in [5.41, 5.74) is 10.5. The minimum Gasteiger partial charge on any atom is -0.497 e. The highest BCUT2D eigenvalue weighted by molar-refractivity contribution is 7.19. The predicted molar refractivity (Wildman–Crippen MR) is 225 cm³/mol. The fourth-order valence-corrected chi connectivity index (χ4v) is 10.2. The molecule has 0 amide bonds. The molecule has 0 saturated carbocycles. The molecular formula is C47H49NO2S2. The van der Waals surface area contributed by atoms with Crippen LogP contribution in [-0.2, 0) is 6.42 Å². The van der Waals surface area contributed by atoms with Crippen LogP contribution in [0.1, 0.15) is 97.1 Å². The van der Waals surface area contributed by atoms with Gasteiger partial charge in [0.15, 0.2) is 5.69 Å². The van der Waals surface area contributed by atoms with Gasteiger partial charge in [-0.15, -0.1) is 22.7 Å². The maximum atomic E-state index is 7.13. The van der Waals surface area contributed by atoms with E-state index in [1.807, 2.05) is 46.9 Å². The van der Waals surface area contributed by atoms with Crippen molar-refractivity contribution in [3.05, 3.63) is 123 Å². The van der Waals surface area contributed by atoms with E-state index in [9.17, 15) is 0 Å². The molecule has 2 heterocycles. The Morgan fingerprint density at radius 3 is 1.71 bits per heavy atom. The van der Waals surface area contributed by atoms with Gasteiger partial charge in [-0.3, -0.25) is 0 Å². The van der Waals surface area contributed by atoms with Gasteiger partial charge in [0, 0.05) is 29.9 Å². The summed E-state index contributed by atoms with van der Waals surface area (Å²) in [7, 11) is 1.75. The number of methoxy groups -OCH3 is 1. The molecule has 0 fully saturated rings. The van der Waals surface area contributed by atoms with Gasteiger partial charge in [0.05, 0.1) is 20.3 Å². The number of unbranched alkanes of at least 4 members (excludes halogenated alkanes) is 7. The predicted octanol–water partition coefficient (Wildman–Crippen LogP) is 14.8. The summed E-state index contributed by atoms with van der Waals surface area (Å²) in [4.78, 5) is 6.30. The molecule has 1 aliphatic rings. The third-order valence-corrected chi connectivity index (χ3v) is 12.8. The Morgan fingerprint density at radius 1 is 0.615 bits per heavy atom. The fourth-order valence-electron chi connectivity index (χ4n) is 7.93. The molecule has 6 aromatic rings. The first-order chi connectivity index (χ1) is 25.5. The Hall–Kier alpha value is -4.37. The van der Waals surface area contributed by atoms with Crippen LogP contribution < -0.4 is 9.47 Å². The lowest BCUT2D eigenvalue weighted by Crippen LogP contribution is -1.97. The molecule has 52 heavy (non-hydrogen) atoms. The summed E-state index contributed by atoms with van der Waals surface area (Å²) in [6, 6.07) is 30.1. The van der Waals surface area contributed by atoms with E-state index >= 15 is 0 Å². The first-order valence-electron chi connectivity index (χ1n) is 19.0. The maximum Gasteiger partial charge on any atom is 0.187 e. The number of rotatable bonds is 16. The Bertz CT molecular complexity index is 2210. The number of nitrogens with zero attached hydrogens (tertiary/aromatic N) is 1. The highest BCUT2D eigenvalue weighted by Gasteiger charge is 2.25. The number of hydrogen-bond acceptors (Lipinski definition) is 4. The van der Waals surface area contributed by atoms with Gasteiger partial charge in [-0.1, -0.05) is 87.1 Å². The summed E-state index contributed by atoms with van der Waals surface area (Å²) in [5.74, 6) is 1.93. The lowest BCUT2D eigenvalue weighted by Gasteiger charge is -2.11. The maximum absolute atomic E-state index is 7.13. The summed E-state index contributed by atoms with van der Waals surface area (Å²) in [6.45, 7) is 12.5. The lowest BCUT2D eigenvalue weighted by molar-refractivity contribution is 0.304. The van der Waals surface area contributed by atoms with Gasteiger partial charge in [0.2, 0.25) is 0 Å². The van der Waals surface area contributed by atoms with Crippen LogP contribution in [0.4, 0.5) is 5.69 Å². The third-order valence-electron chi connectivity index (χ3n) is 10.6. The Kier molecular flexibility index (Phi) is 11.8. The summed E-state index contributed by atoms with van der Waals surface area (Å²) in [5, 5.41) is 2.74. The van der Waals surface area contributed by atoms with Gasteiger partial charge in [0.25, 0.3) is 0 Å². The number of hydrogen-bond donors (Lipinski definition) is 0. The Balaban J connectivity index is 0.836. The van der Waals surface area contributed by atoms with Crippen LogP contribution >= 0.6 is 22.7 Å². The minimum atomic E-state index is 0.689. The second-order valence-electron chi connectivity index (χ2n) is 14.2. The van der Waals surface area contributed by atoms with Crippen molar-refractivity contribution >= 4 is 59.7 Å². The third kappa shape index (κ3) is 8.15. The number of ether oxygens (including phenoxy) is 2. The van der Waals surface area contributed by atoms with Crippen molar-refractivity contribution in [2.45, 2.75) is 90.9 Å². The average Bonchev–Trinajstić information content (AvgIpc) is 3.86. The molecule has 0 saturated heterocycles. The van der Waals surface area contributed by atoms with Crippen molar-refractivity contribution in [1.29, 1.82) is 0 Å². The quantitative estimate of drug-likeness (QED) is 0.0733. The van der Waals surface area contributed by atoms with E-state index in [0.717, 1.165) is 43.8 Å². The molecule has 0 N–H and O–H groups in total. The number of aryl methyl sites for hydroxylation is 3. The van der Waals surface area contributed by atoms with Crippen molar-refractivity contribution < 1.29 is 9.47 Å². The molecule has 2 aromatic heterocycles. The molecule has 5 heteroatoms. The first kappa shape index (κ1) is 36.0. The monoisotopic (exact) mass is 723 g/mol. The van der Waals surface area contributed by atoms with E-state index < -0.39 is 0 Å². The van der Waals surface area contributed by atoms with Crippen molar-refractivity contribution in [3.63, 3.8) is 0 Å². The molecule has 0 atom stereocenters. The molecule has 4 aromatic carbocycles. The number of fused-ring (bicyclic) bond motifs is 2. The van der Waals surface area contributed by atoms with Crippen molar-refractivity contribution in [3.8, 4) is 22.6 Å². The van der Waals surface area contributed by atoms with Crippen LogP contribution in [0.15, 0.2) is 84.9 Å². The minimum absolute atomic E-state index is 0.689. The van der Waals surface area contributed by atoms with Crippen molar-refractivity contribution in [1.82, 2.24) is 0 Å². The topological polar surface area (TPSA) is 22.8 Å². The van der Waals surface area contributed by atoms with Gasteiger partial charge in [0.1, 0.15) is 11.5 Å². The van der Waals surface area contributed by atoms with Gasteiger partial charge in [-0.25, -0.2) is 4.85 Å². The van der Waals surface area contributed by atoms with Crippen LogP contribution in [0, 0.1) is 20.4 Å². The highest BCUT2D eigenvalue weighted by atomic mass is 32.1. The average molecular weight is 724 g/mol. The van der Waals surface area contributed by atoms with E-state index in [2.05, 4.69) is 79.4 Å². The number of benzene rings is 4. The van der Waals surface area contributed by atoms with Crippen LogP contribution in [0.3, 0.4) is 0 Å². The van der Waals surface area contributed by atoms with Crippen LogP contribution in [0.5, 0.6) is 11.5 Å². The van der Waals surface area contributed by atoms with Crippen molar-refractivity contribution in [2.24, 2.45) is 0 Å². The molecule has 0 bridgehead atoms. The van der Waals surface area contributed by atoms with E-state index in [4.69, 9.17) is 16.0 Å². The standard InChI is InChI=1S/C47H49NO2S2/c1-32-46(42-27-25-38(49-4)30-44(42)51-32)40-15-13-16-41(40)47-33(2)52-45-31-39(26-28-43(45)47)50-29-12-10-8-6-5-7-9-11-14-34-17-19-35(20-18-34)36-21-23-37(48-3)24-22-36/h17-28,30-31H,5-16,29H2,1-2,4H3. The second kappa shape index (κ2) is 17.0. The molecule has 0 radical (unpaired) electrons. The highest BCUT2D eigenvalue weighted by Crippen LogP contribution is 2.49. The molecule has 266 valence electrons. The normalized spacial score (nSPS) is 13.0. The zero-order valence-electron chi connectivity index (χ0n) is 30.9.